The molecule has 1 heterocycles. The zero-order valence-corrected chi connectivity index (χ0v) is 14.1. The van der Waals surface area contributed by atoms with E-state index in [0.717, 1.165) is 36.2 Å². The number of aromatic nitrogens is 2. The lowest BCUT2D eigenvalue weighted by Gasteiger charge is -2.26. The Morgan fingerprint density at radius 1 is 1.45 bits per heavy atom. The fraction of sp³-hybridized carbons (Fsp3) is 0.750. The SMILES string of the molecule is COCCN(Cc1c(C)nn(C)c1C)C(=O)C1CCC(N)C1. The molecule has 1 fully saturated rings. The molecule has 0 radical (unpaired) electrons. The van der Waals surface area contributed by atoms with Crippen molar-refractivity contribution in [3.05, 3.63) is 17.0 Å². The third-order valence-corrected chi connectivity index (χ3v) is 4.71. The number of nitrogens with two attached hydrogens (primary N) is 1. The van der Waals surface area contributed by atoms with Crippen molar-refractivity contribution in [2.45, 2.75) is 45.7 Å². The van der Waals surface area contributed by atoms with E-state index in [4.69, 9.17) is 10.5 Å². The van der Waals surface area contributed by atoms with Gasteiger partial charge in [0.15, 0.2) is 0 Å². The van der Waals surface area contributed by atoms with Gasteiger partial charge in [0.2, 0.25) is 5.91 Å². The third-order valence-electron chi connectivity index (χ3n) is 4.71. The van der Waals surface area contributed by atoms with Crippen LogP contribution in [0.25, 0.3) is 0 Å². The lowest BCUT2D eigenvalue weighted by Crippen LogP contribution is -2.38. The Balaban J connectivity index is 2.13. The number of hydrogen-bond donors (Lipinski definition) is 1. The van der Waals surface area contributed by atoms with E-state index in [9.17, 15) is 4.79 Å². The van der Waals surface area contributed by atoms with E-state index in [1.807, 2.05) is 30.5 Å². The Labute approximate surface area is 132 Å². The first-order valence-corrected chi connectivity index (χ1v) is 7.96. The Kier molecular flexibility index (Phi) is 5.58. The fourth-order valence-corrected chi connectivity index (χ4v) is 3.20. The average Bonchev–Trinajstić information content (AvgIpc) is 3.01. The molecular formula is C16H28N4O2. The first kappa shape index (κ1) is 17.0. The minimum absolute atomic E-state index is 0.0594. The van der Waals surface area contributed by atoms with Gasteiger partial charge in [-0.15, -0.1) is 0 Å². The van der Waals surface area contributed by atoms with Gasteiger partial charge >= 0.3 is 0 Å². The standard InChI is InChI=1S/C16H28N4O2/c1-11-15(12(2)19(3)18-11)10-20(7-8-22-4)16(21)13-5-6-14(17)9-13/h13-14H,5-10,17H2,1-4H3. The summed E-state index contributed by atoms with van der Waals surface area (Å²) in [5, 5.41) is 4.44. The van der Waals surface area contributed by atoms with Crippen LogP contribution < -0.4 is 5.73 Å². The summed E-state index contributed by atoms with van der Waals surface area (Å²) in [6.45, 7) is 5.78. The molecule has 2 unspecified atom stereocenters. The fourth-order valence-electron chi connectivity index (χ4n) is 3.20. The Morgan fingerprint density at radius 2 is 2.18 bits per heavy atom. The van der Waals surface area contributed by atoms with Crippen LogP contribution in [-0.4, -0.2) is 46.9 Å². The number of carbonyl (C=O) groups excluding carboxylic acids is 1. The molecule has 0 saturated heterocycles. The van der Waals surface area contributed by atoms with Crippen molar-refractivity contribution in [2.75, 3.05) is 20.3 Å². The molecule has 2 N–H and O–H groups in total. The molecule has 6 nitrogen and oxygen atoms in total. The normalized spacial score (nSPS) is 21.3. The zero-order chi connectivity index (χ0) is 16.3. The molecule has 1 saturated carbocycles. The summed E-state index contributed by atoms with van der Waals surface area (Å²) in [5.74, 6) is 0.261. The van der Waals surface area contributed by atoms with Crippen LogP contribution in [-0.2, 0) is 23.1 Å². The number of amides is 1. The van der Waals surface area contributed by atoms with E-state index in [1.54, 1.807) is 7.11 Å². The molecular weight excluding hydrogens is 280 g/mol. The van der Waals surface area contributed by atoms with Gasteiger partial charge in [0.25, 0.3) is 0 Å². The number of rotatable bonds is 6. The minimum Gasteiger partial charge on any atom is -0.383 e. The van der Waals surface area contributed by atoms with Gasteiger partial charge in [-0.1, -0.05) is 0 Å². The molecule has 0 bridgehead atoms. The van der Waals surface area contributed by atoms with Gasteiger partial charge in [-0.05, 0) is 33.1 Å². The van der Waals surface area contributed by atoms with Crippen molar-refractivity contribution in [3.8, 4) is 0 Å². The topological polar surface area (TPSA) is 73.4 Å². The van der Waals surface area contributed by atoms with Crippen LogP contribution in [0.5, 0.6) is 0 Å². The van der Waals surface area contributed by atoms with Crippen LogP contribution in [0.3, 0.4) is 0 Å². The van der Waals surface area contributed by atoms with E-state index >= 15 is 0 Å². The molecule has 22 heavy (non-hydrogen) atoms. The van der Waals surface area contributed by atoms with Crippen molar-refractivity contribution >= 4 is 5.91 Å². The van der Waals surface area contributed by atoms with Crippen LogP contribution in [0, 0.1) is 19.8 Å². The van der Waals surface area contributed by atoms with Gasteiger partial charge in [-0.3, -0.25) is 9.48 Å². The minimum atomic E-state index is 0.0594. The summed E-state index contributed by atoms with van der Waals surface area (Å²) in [4.78, 5) is 14.7. The molecule has 6 heteroatoms. The number of nitrogens with zero attached hydrogens (tertiary/aromatic N) is 3. The summed E-state index contributed by atoms with van der Waals surface area (Å²) < 4.78 is 7.04. The zero-order valence-electron chi connectivity index (χ0n) is 14.1. The quantitative estimate of drug-likeness (QED) is 0.855. The van der Waals surface area contributed by atoms with Crippen LogP contribution in [0.4, 0.5) is 0 Å². The number of ether oxygens (including phenoxy) is 1. The Hall–Kier alpha value is -1.40. The van der Waals surface area contributed by atoms with Gasteiger partial charge in [0.05, 0.1) is 12.3 Å². The summed E-state index contributed by atoms with van der Waals surface area (Å²) in [7, 11) is 3.60. The molecule has 1 aliphatic carbocycles. The Bertz CT molecular complexity index is 526. The molecule has 0 aliphatic heterocycles. The molecule has 2 rings (SSSR count). The maximum atomic E-state index is 12.8. The molecule has 1 amide bonds. The number of carbonyl (C=O) groups is 1. The summed E-state index contributed by atoms with van der Waals surface area (Å²) in [6, 6.07) is 0.167. The van der Waals surface area contributed by atoms with Crippen LogP contribution in [0.2, 0.25) is 0 Å². The van der Waals surface area contributed by atoms with Gasteiger partial charge in [-0.2, -0.15) is 5.10 Å². The molecule has 0 spiro atoms. The van der Waals surface area contributed by atoms with E-state index in [2.05, 4.69) is 5.10 Å². The predicted molar refractivity (Wildman–Crippen MR) is 85.3 cm³/mol. The van der Waals surface area contributed by atoms with E-state index < -0.39 is 0 Å². The molecule has 2 atom stereocenters. The maximum absolute atomic E-state index is 12.8. The van der Waals surface area contributed by atoms with Crippen LogP contribution in [0.1, 0.15) is 36.2 Å². The summed E-state index contributed by atoms with van der Waals surface area (Å²) in [5.41, 5.74) is 9.18. The first-order valence-electron chi connectivity index (χ1n) is 7.96. The van der Waals surface area contributed by atoms with Crippen molar-refractivity contribution in [3.63, 3.8) is 0 Å². The summed E-state index contributed by atoms with van der Waals surface area (Å²) in [6.07, 6.45) is 2.64. The van der Waals surface area contributed by atoms with Crippen molar-refractivity contribution in [2.24, 2.45) is 18.7 Å². The van der Waals surface area contributed by atoms with E-state index in [-0.39, 0.29) is 17.9 Å². The van der Waals surface area contributed by atoms with Crippen LogP contribution in [0.15, 0.2) is 0 Å². The molecule has 1 aromatic rings. The largest absolute Gasteiger partial charge is 0.383 e. The maximum Gasteiger partial charge on any atom is 0.226 e. The highest BCUT2D eigenvalue weighted by molar-refractivity contribution is 5.79. The first-order chi connectivity index (χ1) is 10.4. The van der Waals surface area contributed by atoms with Gasteiger partial charge < -0.3 is 15.4 Å². The number of aryl methyl sites for hydroxylation is 2. The highest BCUT2D eigenvalue weighted by Crippen LogP contribution is 2.27. The molecule has 124 valence electrons. The highest BCUT2D eigenvalue weighted by Gasteiger charge is 2.31. The highest BCUT2D eigenvalue weighted by atomic mass is 16.5. The second-order valence-electron chi connectivity index (χ2n) is 6.30. The molecule has 1 aromatic heterocycles. The molecule has 0 aromatic carbocycles. The second-order valence-corrected chi connectivity index (χ2v) is 6.30. The van der Waals surface area contributed by atoms with E-state index in [0.29, 0.717) is 19.7 Å². The second kappa shape index (κ2) is 7.24. The van der Waals surface area contributed by atoms with Gasteiger partial charge in [0, 0.05) is 50.5 Å². The van der Waals surface area contributed by atoms with Gasteiger partial charge in [0.1, 0.15) is 0 Å². The summed E-state index contributed by atoms with van der Waals surface area (Å²) >= 11 is 0. The van der Waals surface area contributed by atoms with Crippen LogP contribution >= 0.6 is 0 Å². The average molecular weight is 308 g/mol. The number of hydrogen-bond acceptors (Lipinski definition) is 4. The van der Waals surface area contributed by atoms with Crippen molar-refractivity contribution in [1.29, 1.82) is 0 Å². The third kappa shape index (κ3) is 3.67. The smallest absolute Gasteiger partial charge is 0.226 e. The van der Waals surface area contributed by atoms with E-state index in [1.165, 1.54) is 0 Å². The monoisotopic (exact) mass is 308 g/mol. The lowest BCUT2D eigenvalue weighted by atomic mass is 10.1. The van der Waals surface area contributed by atoms with Gasteiger partial charge in [-0.25, -0.2) is 0 Å². The lowest BCUT2D eigenvalue weighted by molar-refractivity contribution is -0.136. The Morgan fingerprint density at radius 3 is 2.68 bits per heavy atom. The molecule has 1 aliphatic rings. The van der Waals surface area contributed by atoms with Crippen molar-refractivity contribution in [1.82, 2.24) is 14.7 Å². The van der Waals surface area contributed by atoms with Crippen molar-refractivity contribution < 1.29 is 9.53 Å². The number of methoxy groups -OCH3 is 1. The predicted octanol–water partition coefficient (Wildman–Crippen LogP) is 1.14.